The Hall–Kier alpha value is -2.08. The molecule has 2 aromatic rings. The second-order valence-corrected chi connectivity index (χ2v) is 4.74. The van der Waals surface area contributed by atoms with Crippen LogP contribution < -0.4 is 16.8 Å². The minimum Gasteiger partial charge on any atom is -0.398 e. The van der Waals surface area contributed by atoms with Gasteiger partial charge < -0.3 is 16.8 Å². The van der Waals surface area contributed by atoms with Crippen molar-refractivity contribution in [1.82, 2.24) is 0 Å². The molecule has 1 amide bonds. The van der Waals surface area contributed by atoms with Gasteiger partial charge in [-0.2, -0.15) is 0 Å². The zero-order chi connectivity index (χ0) is 14.0. The van der Waals surface area contributed by atoms with Crippen molar-refractivity contribution in [2.24, 2.45) is 5.73 Å². The van der Waals surface area contributed by atoms with Crippen molar-refractivity contribution >= 4 is 38.9 Å². The van der Waals surface area contributed by atoms with Crippen LogP contribution >= 0.6 is 15.9 Å². The summed E-state index contributed by atoms with van der Waals surface area (Å²) < 4.78 is 14.6. The molecule has 0 aliphatic rings. The number of benzene rings is 2. The van der Waals surface area contributed by atoms with Gasteiger partial charge in [0.05, 0.1) is 16.9 Å². The third kappa shape index (κ3) is 2.85. The van der Waals surface area contributed by atoms with Gasteiger partial charge in [0.15, 0.2) is 0 Å². The molecule has 98 valence electrons. The third-order valence-corrected chi connectivity index (χ3v) is 3.24. The number of primary amides is 1. The maximum Gasteiger partial charge on any atom is 0.250 e. The van der Waals surface area contributed by atoms with Crippen LogP contribution in [0.1, 0.15) is 10.4 Å². The Morgan fingerprint density at radius 3 is 2.53 bits per heavy atom. The summed E-state index contributed by atoms with van der Waals surface area (Å²) in [4.78, 5) is 11.2. The molecule has 0 atom stereocenters. The van der Waals surface area contributed by atoms with E-state index in [2.05, 4.69) is 21.2 Å². The van der Waals surface area contributed by atoms with E-state index in [1.54, 1.807) is 12.1 Å². The highest BCUT2D eigenvalue weighted by molar-refractivity contribution is 9.10. The van der Waals surface area contributed by atoms with E-state index in [1.807, 2.05) is 12.1 Å². The molecule has 0 spiro atoms. The number of carbonyl (C=O) groups excluding carboxylic acids is 1. The van der Waals surface area contributed by atoms with Crippen molar-refractivity contribution < 1.29 is 9.18 Å². The Kier molecular flexibility index (Phi) is 3.71. The summed E-state index contributed by atoms with van der Waals surface area (Å²) in [6.07, 6.45) is 0. The Labute approximate surface area is 117 Å². The van der Waals surface area contributed by atoms with E-state index in [-0.39, 0.29) is 16.9 Å². The largest absolute Gasteiger partial charge is 0.398 e. The molecule has 19 heavy (non-hydrogen) atoms. The monoisotopic (exact) mass is 323 g/mol. The quantitative estimate of drug-likeness (QED) is 0.759. The van der Waals surface area contributed by atoms with Crippen molar-refractivity contribution in [2.75, 3.05) is 11.1 Å². The van der Waals surface area contributed by atoms with Crippen LogP contribution in [-0.2, 0) is 0 Å². The van der Waals surface area contributed by atoms with E-state index < -0.39 is 11.7 Å². The number of amides is 1. The standard InChI is InChI=1S/C13H11BrFN3O/c14-8-3-1-2-4-11(8)18-12-5-7(13(17)19)10(16)6-9(12)15/h1-6,18H,16H2,(H2,17,19). The number of nitrogen functional groups attached to an aromatic ring is 1. The summed E-state index contributed by atoms with van der Waals surface area (Å²) in [5, 5.41) is 2.88. The first-order valence-electron chi connectivity index (χ1n) is 5.39. The Morgan fingerprint density at radius 1 is 1.21 bits per heavy atom. The summed E-state index contributed by atoms with van der Waals surface area (Å²) in [5.74, 6) is -1.26. The summed E-state index contributed by atoms with van der Waals surface area (Å²) >= 11 is 3.34. The third-order valence-electron chi connectivity index (χ3n) is 2.55. The Morgan fingerprint density at radius 2 is 1.89 bits per heavy atom. The second kappa shape index (κ2) is 5.27. The molecule has 0 saturated carbocycles. The fourth-order valence-corrected chi connectivity index (χ4v) is 1.99. The molecular weight excluding hydrogens is 313 g/mol. The number of anilines is 3. The lowest BCUT2D eigenvalue weighted by Gasteiger charge is -2.11. The van der Waals surface area contributed by atoms with Crippen molar-refractivity contribution in [2.45, 2.75) is 0 Å². The number of nitrogens with two attached hydrogens (primary N) is 2. The number of halogens is 2. The van der Waals surface area contributed by atoms with Gasteiger partial charge >= 0.3 is 0 Å². The van der Waals surface area contributed by atoms with Crippen LogP contribution in [0.3, 0.4) is 0 Å². The molecule has 6 heteroatoms. The molecule has 0 aromatic heterocycles. The zero-order valence-corrected chi connectivity index (χ0v) is 11.4. The van der Waals surface area contributed by atoms with Gasteiger partial charge in [-0.15, -0.1) is 0 Å². The summed E-state index contributed by atoms with van der Waals surface area (Å²) in [6, 6.07) is 9.59. The minimum absolute atomic E-state index is 0.0164. The Bertz CT molecular complexity index is 646. The smallest absolute Gasteiger partial charge is 0.250 e. The number of rotatable bonds is 3. The molecule has 0 radical (unpaired) electrons. The van der Waals surface area contributed by atoms with Crippen LogP contribution in [0.5, 0.6) is 0 Å². The van der Waals surface area contributed by atoms with Crippen LogP contribution in [0.25, 0.3) is 0 Å². The van der Waals surface area contributed by atoms with Crippen molar-refractivity contribution in [1.29, 1.82) is 0 Å². The lowest BCUT2D eigenvalue weighted by molar-refractivity contribution is 0.100. The van der Waals surface area contributed by atoms with E-state index in [9.17, 15) is 9.18 Å². The molecule has 0 bridgehead atoms. The maximum absolute atomic E-state index is 13.8. The highest BCUT2D eigenvalue weighted by Gasteiger charge is 2.12. The lowest BCUT2D eigenvalue weighted by Crippen LogP contribution is -2.14. The minimum atomic E-state index is -0.701. The number of hydrogen-bond acceptors (Lipinski definition) is 3. The molecule has 0 unspecified atom stereocenters. The predicted molar refractivity (Wildman–Crippen MR) is 76.8 cm³/mol. The molecule has 2 aromatic carbocycles. The number of para-hydroxylation sites is 1. The van der Waals surface area contributed by atoms with Crippen molar-refractivity contribution in [3.8, 4) is 0 Å². The van der Waals surface area contributed by atoms with Gasteiger partial charge in [-0.3, -0.25) is 4.79 Å². The van der Waals surface area contributed by atoms with Crippen LogP contribution in [0.4, 0.5) is 21.5 Å². The Balaban J connectivity index is 2.43. The highest BCUT2D eigenvalue weighted by atomic mass is 79.9. The summed E-state index contributed by atoms with van der Waals surface area (Å²) in [5.41, 5.74) is 11.6. The van der Waals surface area contributed by atoms with Crippen LogP contribution in [0, 0.1) is 5.82 Å². The van der Waals surface area contributed by atoms with E-state index in [1.165, 1.54) is 6.07 Å². The van der Waals surface area contributed by atoms with E-state index >= 15 is 0 Å². The van der Waals surface area contributed by atoms with Crippen molar-refractivity contribution in [3.05, 3.63) is 52.3 Å². The zero-order valence-electron chi connectivity index (χ0n) is 9.78. The predicted octanol–water partition coefficient (Wildman–Crippen LogP) is 3.01. The first kappa shape index (κ1) is 13.4. The van der Waals surface area contributed by atoms with Crippen LogP contribution in [0.2, 0.25) is 0 Å². The molecule has 0 aliphatic heterocycles. The molecule has 0 aliphatic carbocycles. The number of hydrogen-bond donors (Lipinski definition) is 3. The normalized spacial score (nSPS) is 10.2. The molecule has 0 fully saturated rings. The van der Waals surface area contributed by atoms with Gasteiger partial charge in [-0.05, 0) is 40.2 Å². The van der Waals surface area contributed by atoms with Gasteiger partial charge in [0.25, 0.3) is 5.91 Å². The molecule has 0 saturated heterocycles. The van der Waals surface area contributed by atoms with E-state index in [0.717, 1.165) is 10.5 Å². The fraction of sp³-hybridized carbons (Fsp3) is 0. The van der Waals surface area contributed by atoms with Gasteiger partial charge in [0.2, 0.25) is 0 Å². The fourth-order valence-electron chi connectivity index (χ4n) is 1.61. The first-order chi connectivity index (χ1) is 8.99. The first-order valence-corrected chi connectivity index (χ1v) is 6.18. The maximum atomic E-state index is 13.8. The van der Waals surface area contributed by atoms with E-state index in [0.29, 0.717) is 5.69 Å². The summed E-state index contributed by atoms with van der Waals surface area (Å²) in [7, 11) is 0. The van der Waals surface area contributed by atoms with E-state index in [4.69, 9.17) is 11.5 Å². The number of carbonyl (C=O) groups is 1. The molecular formula is C13H11BrFN3O. The number of nitrogens with one attached hydrogen (secondary N) is 1. The van der Waals surface area contributed by atoms with Crippen LogP contribution in [0.15, 0.2) is 40.9 Å². The van der Waals surface area contributed by atoms with Crippen LogP contribution in [-0.4, -0.2) is 5.91 Å². The van der Waals surface area contributed by atoms with Gasteiger partial charge in [0.1, 0.15) is 5.82 Å². The highest BCUT2D eigenvalue weighted by Crippen LogP contribution is 2.29. The molecule has 2 rings (SSSR count). The summed E-state index contributed by atoms with van der Waals surface area (Å²) in [6.45, 7) is 0. The average molecular weight is 324 g/mol. The van der Waals surface area contributed by atoms with Gasteiger partial charge in [-0.25, -0.2) is 4.39 Å². The second-order valence-electron chi connectivity index (χ2n) is 3.89. The van der Waals surface area contributed by atoms with Crippen molar-refractivity contribution in [3.63, 3.8) is 0 Å². The molecule has 5 N–H and O–H groups in total. The topological polar surface area (TPSA) is 81.1 Å². The molecule has 0 heterocycles. The van der Waals surface area contributed by atoms with Gasteiger partial charge in [-0.1, -0.05) is 12.1 Å². The molecule has 4 nitrogen and oxygen atoms in total. The lowest BCUT2D eigenvalue weighted by atomic mass is 10.1. The van der Waals surface area contributed by atoms with Gasteiger partial charge in [0, 0.05) is 10.2 Å². The average Bonchev–Trinajstić information content (AvgIpc) is 2.34. The SMILES string of the molecule is NC(=O)c1cc(Nc2ccccc2Br)c(F)cc1N.